The molecule has 2 aromatic carbocycles. The summed E-state index contributed by atoms with van der Waals surface area (Å²) in [6.07, 6.45) is 3.69. The third-order valence-corrected chi connectivity index (χ3v) is 7.31. The fourth-order valence-electron chi connectivity index (χ4n) is 6.07. The van der Waals surface area contributed by atoms with Crippen molar-refractivity contribution < 1.29 is 0 Å². The van der Waals surface area contributed by atoms with Gasteiger partial charge in [0.1, 0.15) is 0 Å². The highest BCUT2D eigenvalue weighted by Crippen LogP contribution is 2.61. The first-order valence-electron chi connectivity index (χ1n) is 10.2. The largest absolute Gasteiger partial charge is 0.0595 e. The Bertz CT molecular complexity index is 910. The molecule has 4 rings (SSSR count). The highest BCUT2D eigenvalue weighted by Gasteiger charge is 2.53. The van der Waals surface area contributed by atoms with Gasteiger partial charge in [0.2, 0.25) is 0 Å². The fraction of sp³-hybridized carbons (Fsp3) is 0.538. The first kappa shape index (κ1) is 17.8. The van der Waals surface area contributed by atoms with E-state index in [0.717, 1.165) is 0 Å². The lowest BCUT2D eigenvalue weighted by Crippen LogP contribution is -2.39. The van der Waals surface area contributed by atoms with Crippen molar-refractivity contribution in [2.45, 2.75) is 85.5 Å². The van der Waals surface area contributed by atoms with Crippen LogP contribution in [0.1, 0.15) is 85.0 Å². The number of hydrogen-bond donors (Lipinski definition) is 0. The molecule has 1 unspecified atom stereocenters. The normalized spacial score (nSPS) is 25.2. The second kappa shape index (κ2) is 5.24. The third kappa shape index (κ3) is 2.41. The van der Waals surface area contributed by atoms with Crippen LogP contribution in [0, 0.1) is 33.1 Å². The van der Waals surface area contributed by atoms with E-state index in [1.165, 1.54) is 41.5 Å². The van der Waals surface area contributed by atoms with E-state index in [2.05, 4.69) is 79.7 Å². The van der Waals surface area contributed by atoms with E-state index in [1.54, 1.807) is 22.3 Å². The van der Waals surface area contributed by atoms with Crippen LogP contribution in [-0.4, -0.2) is 0 Å². The third-order valence-electron chi connectivity index (χ3n) is 7.31. The van der Waals surface area contributed by atoms with E-state index in [9.17, 15) is 0 Å². The van der Waals surface area contributed by atoms with Crippen molar-refractivity contribution in [3.8, 4) is 0 Å². The molecule has 0 saturated heterocycles. The predicted molar refractivity (Wildman–Crippen MR) is 112 cm³/mol. The van der Waals surface area contributed by atoms with Crippen molar-refractivity contribution in [2.24, 2.45) is 5.41 Å². The van der Waals surface area contributed by atoms with Crippen molar-refractivity contribution in [1.82, 2.24) is 0 Å². The average molecular weight is 347 g/mol. The molecule has 2 aromatic rings. The van der Waals surface area contributed by atoms with E-state index in [0.29, 0.717) is 5.41 Å². The predicted octanol–water partition coefficient (Wildman–Crippen LogP) is 6.86. The summed E-state index contributed by atoms with van der Waals surface area (Å²) in [6, 6.07) is 10.0. The molecule has 0 amide bonds. The molecule has 0 saturated carbocycles. The molecule has 0 aromatic heterocycles. The van der Waals surface area contributed by atoms with Gasteiger partial charge in [-0.3, -0.25) is 0 Å². The van der Waals surface area contributed by atoms with Crippen LogP contribution in [0.3, 0.4) is 0 Å². The minimum Gasteiger partial charge on any atom is -0.0595 e. The number of hydrogen-bond acceptors (Lipinski definition) is 0. The van der Waals surface area contributed by atoms with Crippen LogP contribution in [0.25, 0.3) is 0 Å². The van der Waals surface area contributed by atoms with Gasteiger partial charge in [0.25, 0.3) is 0 Å². The maximum Gasteiger partial charge on any atom is 0.0222 e. The van der Waals surface area contributed by atoms with Gasteiger partial charge in [-0.25, -0.2) is 0 Å². The molecule has 1 atom stereocenters. The van der Waals surface area contributed by atoms with Crippen LogP contribution >= 0.6 is 0 Å². The Labute approximate surface area is 160 Å². The summed E-state index contributed by atoms with van der Waals surface area (Å²) in [4.78, 5) is 0. The number of benzene rings is 2. The zero-order valence-electron chi connectivity index (χ0n) is 17.9. The minimum absolute atomic E-state index is 0.173. The molecular weight excluding hydrogens is 312 g/mol. The van der Waals surface area contributed by atoms with Gasteiger partial charge in [-0.15, -0.1) is 0 Å². The van der Waals surface area contributed by atoms with Crippen LogP contribution in [0.4, 0.5) is 0 Å². The molecule has 0 bridgehead atoms. The van der Waals surface area contributed by atoms with Crippen LogP contribution < -0.4 is 0 Å². The molecule has 0 heterocycles. The molecule has 26 heavy (non-hydrogen) atoms. The smallest absolute Gasteiger partial charge is 0.0222 e. The Morgan fingerprint density at radius 2 is 1.12 bits per heavy atom. The van der Waals surface area contributed by atoms with Crippen LogP contribution in [-0.2, 0) is 17.3 Å². The molecule has 0 fully saturated rings. The molecule has 0 nitrogen and oxygen atoms in total. The molecule has 2 aliphatic rings. The maximum atomic E-state index is 2.53. The minimum atomic E-state index is 0.173. The van der Waals surface area contributed by atoms with Crippen LogP contribution in [0.2, 0.25) is 0 Å². The fourth-order valence-corrected chi connectivity index (χ4v) is 6.07. The molecular formula is C26H34. The van der Waals surface area contributed by atoms with E-state index in [-0.39, 0.29) is 10.8 Å². The van der Waals surface area contributed by atoms with Crippen molar-refractivity contribution in [3.05, 3.63) is 68.8 Å². The lowest BCUT2D eigenvalue weighted by Gasteiger charge is -2.46. The molecule has 2 aliphatic carbocycles. The summed E-state index contributed by atoms with van der Waals surface area (Å²) in [7, 11) is 0. The number of rotatable bonds is 0. The zero-order valence-corrected chi connectivity index (χ0v) is 17.9. The van der Waals surface area contributed by atoms with Gasteiger partial charge in [-0.1, -0.05) is 52.0 Å². The van der Waals surface area contributed by atoms with Gasteiger partial charge in [0.15, 0.2) is 0 Å². The highest BCUT2D eigenvalue weighted by molar-refractivity contribution is 5.59. The van der Waals surface area contributed by atoms with E-state index >= 15 is 0 Å². The maximum absolute atomic E-state index is 2.53. The number of aryl methyl sites for hydroxylation is 4. The van der Waals surface area contributed by atoms with Gasteiger partial charge < -0.3 is 0 Å². The van der Waals surface area contributed by atoms with Crippen molar-refractivity contribution in [3.63, 3.8) is 0 Å². The summed E-state index contributed by atoms with van der Waals surface area (Å²) < 4.78 is 0. The Balaban J connectivity index is 2.07. The first-order valence-corrected chi connectivity index (χ1v) is 10.2. The summed E-state index contributed by atoms with van der Waals surface area (Å²) in [5.41, 5.74) is 12.9. The summed E-state index contributed by atoms with van der Waals surface area (Å²) in [6.45, 7) is 19.0. The van der Waals surface area contributed by atoms with Crippen molar-refractivity contribution >= 4 is 0 Å². The molecule has 0 heteroatoms. The topological polar surface area (TPSA) is 0 Å². The van der Waals surface area contributed by atoms with E-state index < -0.39 is 0 Å². The summed E-state index contributed by atoms with van der Waals surface area (Å²) in [5, 5.41) is 0. The van der Waals surface area contributed by atoms with Crippen LogP contribution in [0.15, 0.2) is 24.3 Å². The second-order valence-corrected chi connectivity index (χ2v) is 10.7. The van der Waals surface area contributed by atoms with E-state index in [1.807, 2.05) is 0 Å². The molecule has 1 spiro atoms. The summed E-state index contributed by atoms with van der Waals surface area (Å²) in [5.74, 6) is 0. The van der Waals surface area contributed by atoms with Gasteiger partial charge in [0, 0.05) is 5.41 Å². The standard InChI is InChI=1S/C26H34/c1-16-9-20-13-24(5,6)14-26(21(20)10-17(16)2)15-25(7,8)22-11-18(3)19(4)12-23(22)26/h9-12H,13-15H2,1-8H3. The molecule has 138 valence electrons. The average Bonchev–Trinajstić information content (AvgIpc) is 2.69. The molecule has 0 N–H and O–H groups in total. The highest BCUT2D eigenvalue weighted by atomic mass is 14.6. The van der Waals surface area contributed by atoms with Gasteiger partial charge >= 0.3 is 0 Å². The molecule has 0 aliphatic heterocycles. The van der Waals surface area contributed by atoms with E-state index in [4.69, 9.17) is 0 Å². The Morgan fingerprint density at radius 1 is 0.615 bits per heavy atom. The van der Waals surface area contributed by atoms with Gasteiger partial charge in [-0.05, 0) is 102 Å². The number of fused-ring (bicyclic) bond motifs is 4. The SMILES string of the molecule is Cc1cc2c(cc1C)C1(CC(C)(C)C2)CC(C)(C)c2cc(C)c(C)cc21. The van der Waals surface area contributed by atoms with Gasteiger partial charge in [0.05, 0.1) is 0 Å². The van der Waals surface area contributed by atoms with Crippen molar-refractivity contribution in [1.29, 1.82) is 0 Å². The first-order chi connectivity index (χ1) is 12.0. The Kier molecular flexibility index (Phi) is 3.60. The van der Waals surface area contributed by atoms with Crippen molar-refractivity contribution in [2.75, 3.05) is 0 Å². The Morgan fingerprint density at radius 3 is 1.73 bits per heavy atom. The van der Waals surface area contributed by atoms with Crippen LogP contribution in [0.5, 0.6) is 0 Å². The lowest BCUT2D eigenvalue weighted by molar-refractivity contribution is 0.216. The summed E-state index contributed by atoms with van der Waals surface area (Å²) >= 11 is 0. The quantitative estimate of drug-likeness (QED) is 0.489. The second-order valence-electron chi connectivity index (χ2n) is 10.7. The monoisotopic (exact) mass is 346 g/mol. The lowest BCUT2D eigenvalue weighted by atomic mass is 9.57. The molecule has 0 radical (unpaired) electrons. The zero-order chi connectivity index (χ0) is 19.1. The van der Waals surface area contributed by atoms with Gasteiger partial charge in [-0.2, -0.15) is 0 Å². The Hall–Kier alpha value is -1.56.